The number of benzene rings is 1. The fourth-order valence-corrected chi connectivity index (χ4v) is 3.54. The summed E-state index contributed by atoms with van der Waals surface area (Å²) in [5.41, 5.74) is 0.969. The molecule has 1 aromatic rings. The second-order valence-electron chi connectivity index (χ2n) is 7.07. The summed E-state index contributed by atoms with van der Waals surface area (Å²) in [5, 5.41) is 11.5. The van der Waals surface area contributed by atoms with Gasteiger partial charge in [-0.3, -0.25) is 4.79 Å². The molecular weight excluding hydrogens is 448 g/mol. The molecule has 0 saturated carbocycles. The maximum atomic E-state index is 12.5. The van der Waals surface area contributed by atoms with Crippen molar-refractivity contribution in [2.45, 2.75) is 31.5 Å². The van der Waals surface area contributed by atoms with Gasteiger partial charge >= 0.3 is 12.1 Å². The number of rotatable bonds is 4. The lowest BCUT2D eigenvalue weighted by Crippen LogP contribution is -2.42. The van der Waals surface area contributed by atoms with Crippen LogP contribution in [0.5, 0.6) is 0 Å². The second kappa shape index (κ2) is 11.2. The third-order valence-corrected chi connectivity index (χ3v) is 5.64. The SMILES string of the molecule is O=C(CCC1CCNC1)N1CCOC(c2ccc(Cl)c(Cl)c2)C1.O=C(O)C(F)(F)F. The highest BCUT2D eigenvalue weighted by atomic mass is 35.5. The topological polar surface area (TPSA) is 78.9 Å². The van der Waals surface area contributed by atoms with E-state index in [1.165, 1.54) is 6.42 Å². The fraction of sp³-hybridized carbons (Fsp3) is 0.579. The Morgan fingerprint density at radius 2 is 1.97 bits per heavy atom. The van der Waals surface area contributed by atoms with E-state index in [0.29, 0.717) is 42.1 Å². The monoisotopic (exact) mass is 470 g/mol. The smallest absolute Gasteiger partial charge is 0.475 e. The van der Waals surface area contributed by atoms with Crippen molar-refractivity contribution in [1.82, 2.24) is 10.2 Å². The Labute approximate surface area is 182 Å². The lowest BCUT2D eigenvalue weighted by atomic mass is 10.0. The largest absolute Gasteiger partial charge is 0.490 e. The highest BCUT2D eigenvalue weighted by Gasteiger charge is 2.38. The molecule has 0 radical (unpaired) electrons. The van der Waals surface area contributed by atoms with Crippen LogP contribution in [0.3, 0.4) is 0 Å². The number of aliphatic carboxylic acids is 1. The van der Waals surface area contributed by atoms with E-state index in [0.717, 1.165) is 25.1 Å². The number of hydrogen-bond donors (Lipinski definition) is 2. The number of nitrogens with one attached hydrogen (secondary N) is 1. The molecule has 2 aliphatic rings. The van der Waals surface area contributed by atoms with Crippen LogP contribution in [0.4, 0.5) is 13.2 Å². The number of carboxylic acid groups (broad SMARTS) is 1. The van der Waals surface area contributed by atoms with Crippen LogP contribution in [0.25, 0.3) is 0 Å². The van der Waals surface area contributed by atoms with Crippen LogP contribution < -0.4 is 5.32 Å². The van der Waals surface area contributed by atoms with Gasteiger partial charge in [0.2, 0.25) is 5.91 Å². The maximum absolute atomic E-state index is 12.5. The van der Waals surface area contributed by atoms with Gasteiger partial charge in [0.05, 0.1) is 23.2 Å². The lowest BCUT2D eigenvalue weighted by molar-refractivity contribution is -0.192. The van der Waals surface area contributed by atoms with Gasteiger partial charge in [0.25, 0.3) is 0 Å². The van der Waals surface area contributed by atoms with Crippen molar-refractivity contribution in [1.29, 1.82) is 0 Å². The molecule has 1 amide bonds. The van der Waals surface area contributed by atoms with Crippen LogP contribution in [0.15, 0.2) is 18.2 Å². The number of nitrogens with zero attached hydrogens (tertiary/aromatic N) is 1. The predicted octanol–water partition coefficient (Wildman–Crippen LogP) is 3.92. The summed E-state index contributed by atoms with van der Waals surface area (Å²) in [4.78, 5) is 23.3. The van der Waals surface area contributed by atoms with Gasteiger partial charge in [-0.1, -0.05) is 29.3 Å². The Hall–Kier alpha value is -1.55. The van der Waals surface area contributed by atoms with E-state index < -0.39 is 12.1 Å². The number of morpholine rings is 1. The third kappa shape index (κ3) is 7.61. The van der Waals surface area contributed by atoms with E-state index in [2.05, 4.69) is 5.32 Å². The maximum Gasteiger partial charge on any atom is 0.490 e. The van der Waals surface area contributed by atoms with Gasteiger partial charge in [0.15, 0.2) is 0 Å². The molecule has 6 nitrogen and oxygen atoms in total. The van der Waals surface area contributed by atoms with Crippen molar-refractivity contribution in [2.75, 3.05) is 32.8 Å². The van der Waals surface area contributed by atoms with Gasteiger partial charge in [-0.05, 0) is 49.5 Å². The summed E-state index contributed by atoms with van der Waals surface area (Å²) < 4.78 is 37.5. The van der Waals surface area contributed by atoms with Crippen molar-refractivity contribution in [3.63, 3.8) is 0 Å². The average molecular weight is 471 g/mol. The van der Waals surface area contributed by atoms with E-state index >= 15 is 0 Å². The van der Waals surface area contributed by atoms with Gasteiger partial charge in [0.1, 0.15) is 6.10 Å². The molecule has 0 spiro atoms. The first-order chi connectivity index (χ1) is 14.1. The number of halogens is 5. The number of carboxylic acids is 1. The Bertz CT molecular complexity index is 743. The Balaban J connectivity index is 0.000000396. The quantitative estimate of drug-likeness (QED) is 0.697. The molecule has 3 rings (SSSR count). The predicted molar refractivity (Wildman–Crippen MR) is 106 cm³/mol. The highest BCUT2D eigenvalue weighted by molar-refractivity contribution is 6.42. The van der Waals surface area contributed by atoms with E-state index in [-0.39, 0.29) is 12.0 Å². The minimum Gasteiger partial charge on any atom is -0.475 e. The molecule has 2 atom stereocenters. The molecule has 2 unspecified atom stereocenters. The van der Waals surface area contributed by atoms with Gasteiger partial charge in [-0.25, -0.2) is 4.79 Å². The van der Waals surface area contributed by atoms with Gasteiger partial charge in [-0.15, -0.1) is 0 Å². The van der Waals surface area contributed by atoms with Crippen LogP contribution in [0.2, 0.25) is 10.0 Å². The average Bonchev–Trinajstić information content (AvgIpc) is 3.22. The molecule has 11 heteroatoms. The summed E-state index contributed by atoms with van der Waals surface area (Å²) in [6, 6.07) is 5.51. The highest BCUT2D eigenvalue weighted by Crippen LogP contribution is 2.29. The Kier molecular flexibility index (Phi) is 9.21. The first-order valence-electron chi connectivity index (χ1n) is 9.43. The molecular formula is C19H23Cl2F3N2O4. The molecule has 1 aromatic carbocycles. The number of ether oxygens (including phenoxy) is 1. The minimum absolute atomic E-state index is 0.129. The van der Waals surface area contributed by atoms with E-state index in [9.17, 15) is 18.0 Å². The van der Waals surface area contributed by atoms with E-state index in [1.807, 2.05) is 17.0 Å². The van der Waals surface area contributed by atoms with Gasteiger partial charge in [-0.2, -0.15) is 13.2 Å². The van der Waals surface area contributed by atoms with Crippen LogP contribution in [0, 0.1) is 5.92 Å². The zero-order valence-electron chi connectivity index (χ0n) is 16.1. The zero-order chi connectivity index (χ0) is 22.3. The number of hydrogen-bond acceptors (Lipinski definition) is 4. The first kappa shape index (κ1) is 24.7. The van der Waals surface area contributed by atoms with Crippen LogP contribution in [0.1, 0.15) is 30.9 Å². The molecule has 168 valence electrons. The summed E-state index contributed by atoms with van der Waals surface area (Å²) in [5.74, 6) is -1.89. The van der Waals surface area contributed by atoms with Crippen molar-refractivity contribution in [3.8, 4) is 0 Å². The lowest BCUT2D eigenvalue weighted by Gasteiger charge is -2.33. The Morgan fingerprint density at radius 3 is 2.53 bits per heavy atom. The zero-order valence-corrected chi connectivity index (χ0v) is 17.6. The molecule has 2 heterocycles. The molecule has 0 bridgehead atoms. The second-order valence-corrected chi connectivity index (χ2v) is 7.89. The normalized spacial score (nSPS) is 21.7. The molecule has 2 fully saturated rings. The minimum atomic E-state index is -5.08. The van der Waals surface area contributed by atoms with E-state index in [1.54, 1.807) is 6.07 Å². The first-order valence-corrected chi connectivity index (χ1v) is 10.2. The molecule has 2 aliphatic heterocycles. The van der Waals surface area contributed by atoms with Crippen molar-refractivity contribution >= 4 is 35.1 Å². The summed E-state index contributed by atoms with van der Waals surface area (Å²) in [6.07, 6.45) is -2.43. The van der Waals surface area contributed by atoms with Crippen LogP contribution in [-0.2, 0) is 14.3 Å². The number of alkyl halides is 3. The molecule has 0 aliphatic carbocycles. The fourth-order valence-electron chi connectivity index (χ4n) is 3.24. The van der Waals surface area contributed by atoms with Gasteiger partial charge < -0.3 is 20.1 Å². The summed E-state index contributed by atoms with van der Waals surface area (Å²) >= 11 is 12.0. The van der Waals surface area contributed by atoms with Crippen molar-refractivity contribution in [3.05, 3.63) is 33.8 Å². The molecule has 0 aromatic heterocycles. The van der Waals surface area contributed by atoms with Crippen LogP contribution >= 0.6 is 23.2 Å². The van der Waals surface area contributed by atoms with E-state index in [4.69, 9.17) is 37.8 Å². The third-order valence-electron chi connectivity index (χ3n) is 4.91. The molecule has 2 saturated heterocycles. The Morgan fingerprint density at radius 1 is 1.27 bits per heavy atom. The summed E-state index contributed by atoms with van der Waals surface area (Å²) in [7, 11) is 0. The number of carbonyl (C=O) groups excluding carboxylic acids is 1. The number of amides is 1. The molecule has 30 heavy (non-hydrogen) atoms. The standard InChI is InChI=1S/C17H22Cl2N2O2.C2HF3O2/c18-14-3-2-13(9-15(14)19)16-11-21(7-8-23-16)17(22)4-1-12-5-6-20-10-12;3-2(4,5)1(6)7/h2-3,9,12,16,20H,1,4-8,10-11H2;(H,6,7). The number of carbonyl (C=O) groups is 2. The van der Waals surface area contributed by atoms with Crippen LogP contribution in [-0.4, -0.2) is 60.8 Å². The van der Waals surface area contributed by atoms with Crippen molar-refractivity contribution in [2.24, 2.45) is 5.92 Å². The van der Waals surface area contributed by atoms with Crippen molar-refractivity contribution < 1.29 is 32.6 Å². The molecule has 2 N–H and O–H groups in total. The van der Waals surface area contributed by atoms with Gasteiger partial charge in [0, 0.05) is 13.0 Å². The summed E-state index contributed by atoms with van der Waals surface area (Å²) in [6.45, 7) is 3.93.